The molecule has 0 aliphatic heterocycles. The fourth-order valence-electron chi connectivity index (χ4n) is 1.59. The Hall–Kier alpha value is -1.25. The van der Waals surface area contributed by atoms with E-state index < -0.39 is 0 Å². The van der Waals surface area contributed by atoms with Gasteiger partial charge in [0.05, 0.1) is 11.4 Å². The lowest BCUT2D eigenvalue weighted by molar-refractivity contribution is 0.626. The highest BCUT2D eigenvalue weighted by Crippen LogP contribution is 2.24. The molecule has 0 spiro atoms. The van der Waals surface area contributed by atoms with Crippen molar-refractivity contribution < 1.29 is 4.39 Å². The van der Waals surface area contributed by atoms with Crippen LogP contribution in [0.15, 0.2) is 18.2 Å². The Morgan fingerprint density at radius 1 is 1.33 bits per heavy atom. The topological polar surface area (TPSA) is 29.3 Å². The predicted octanol–water partition coefficient (Wildman–Crippen LogP) is 3.03. The number of nitrogens with zero attached hydrogens (tertiary/aromatic N) is 1. The van der Waals surface area contributed by atoms with Crippen LogP contribution in [0.5, 0.6) is 0 Å². The molecule has 0 aliphatic carbocycles. The van der Waals surface area contributed by atoms with E-state index in [0.717, 1.165) is 31.6 Å². The highest BCUT2D eigenvalue weighted by atomic mass is 19.1. The molecule has 0 amide bonds. The fourth-order valence-corrected chi connectivity index (χ4v) is 1.59. The number of hydrogen-bond acceptors (Lipinski definition) is 2. The van der Waals surface area contributed by atoms with Crippen LogP contribution in [0.4, 0.5) is 15.8 Å². The summed E-state index contributed by atoms with van der Waals surface area (Å²) in [5.74, 6) is -0.228. The predicted molar refractivity (Wildman–Crippen MR) is 63.6 cm³/mol. The average Bonchev–Trinajstić information content (AvgIpc) is 2.24. The van der Waals surface area contributed by atoms with Crippen LogP contribution in [0.1, 0.15) is 26.7 Å². The van der Waals surface area contributed by atoms with E-state index in [1.165, 1.54) is 12.1 Å². The van der Waals surface area contributed by atoms with Crippen molar-refractivity contribution in [3.05, 3.63) is 24.0 Å². The van der Waals surface area contributed by atoms with Gasteiger partial charge in [-0.1, -0.05) is 13.3 Å². The molecule has 84 valence electrons. The van der Waals surface area contributed by atoms with Crippen LogP contribution in [0.25, 0.3) is 0 Å². The van der Waals surface area contributed by atoms with E-state index in [2.05, 4.69) is 18.7 Å². The van der Waals surface area contributed by atoms with Crippen LogP contribution in [0.3, 0.4) is 0 Å². The van der Waals surface area contributed by atoms with Crippen molar-refractivity contribution in [2.75, 3.05) is 23.7 Å². The first kappa shape index (κ1) is 11.8. The Morgan fingerprint density at radius 2 is 2.07 bits per heavy atom. The van der Waals surface area contributed by atoms with E-state index in [4.69, 9.17) is 5.73 Å². The Kier molecular flexibility index (Phi) is 4.40. The van der Waals surface area contributed by atoms with Gasteiger partial charge in [-0.15, -0.1) is 0 Å². The minimum atomic E-state index is -0.228. The Balaban J connectivity index is 2.85. The van der Waals surface area contributed by atoms with Gasteiger partial charge in [0, 0.05) is 13.1 Å². The summed E-state index contributed by atoms with van der Waals surface area (Å²) in [4.78, 5) is 2.11. The lowest BCUT2D eigenvalue weighted by Crippen LogP contribution is -2.24. The zero-order valence-corrected chi connectivity index (χ0v) is 9.46. The van der Waals surface area contributed by atoms with Crippen molar-refractivity contribution in [2.45, 2.75) is 26.7 Å². The number of nitrogens with two attached hydrogens (primary N) is 1. The van der Waals surface area contributed by atoms with Crippen LogP contribution < -0.4 is 10.6 Å². The number of nitrogen functional groups attached to an aromatic ring is 1. The zero-order valence-electron chi connectivity index (χ0n) is 9.46. The molecule has 0 unspecified atom stereocenters. The van der Waals surface area contributed by atoms with Crippen LogP contribution in [-0.2, 0) is 0 Å². The minimum Gasteiger partial charge on any atom is -0.397 e. The normalized spacial score (nSPS) is 10.3. The van der Waals surface area contributed by atoms with Crippen LogP contribution in [-0.4, -0.2) is 13.1 Å². The lowest BCUT2D eigenvalue weighted by atomic mass is 10.2. The molecule has 0 fully saturated rings. The molecule has 1 aromatic rings. The number of hydrogen-bond donors (Lipinski definition) is 1. The summed E-state index contributed by atoms with van der Waals surface area (Å²) < 4.78 is 13.1. The quantitative estimate of drug-likeness (QED) is 0.757. The van der Waals surface area contributed by atoms with Gasteiger partial charge in [-0.05, 0) is 31.5 Å². The van der Waals surface area contributed by atoms with Gasteiger partial charge in [0.25, 0.3) is 0 Å². The summed E-state index contributed by atoms with van der Waals surface area (Å²) in [7, 11) is 0. The molecule has 1 aromatic carbocycles. The second-order valence-electron chi connectivity index (χ2n) is 3.64. The van der Waals surface area contributed by atoms with E-state index in [1.54, 1.807) is 6.07 Å². The maximum atomic E-state index is 13.1. The fraction of sp³-hybridized carbons (Fsp3) is 0.500. The first-order chi connectivity index (χ1) is 7.19. The van der Waals surface area contributed by atoms with Gasteiger partial charge in [0.2, 0.25) is 0 Å². The molecule has 0 heterocycles. The number of anilines is 2. The molecule has 0 bridgehead atoms. The molecule has 0 saturated carbocycles. The van der Waals surface area contributed by atoms with E-state index in [-0.39, 0.29) is 5.82 Å². The largest absolute Gasteiger partial charge is 0.397 e. The third-order valence-electron chi connectivity index (χ3n) is 2.50. The number of unbranched alkanes of at least 4 members (excludes halogenated alkanes) is 1. The van der Waals surface area contributed by atoms with Crippen LogP contribution in [0.2, 0.25) is 0 Å². The molecule has 3 heteroatoms. The smallest absolute Gasteiger partial charge is 0.125 e. The molecule has 0 aliphatic rings. The molecule has 1 rings (SSSR count). The Morgan fingerprint density at radius 3 is 2.67 bits per heavy atom. The van der Waals surface area contributed by atoms with Crippen molar-refractivity contribution in [1.82, 2.24) is 0 Å². The van der Waals surface area contributed by atoms with E-state index in [1.807, 2.05) is 0 Å². The molecule has 15 heavy (non-hydrogen) atoms. The zero-order chi connectivity index (χ0) is 11.3. The molecule has 2 nitrogen and oxygen atoms in total. The Labute approximate surface area is 90.9 Å². The summed E-state index contributed by atoms with van der Waals surface area (Å²) >= 11 is 0. The summed E-state index contributed by atoms with van der Waals surface area (Å²) in [6.07, 6.45) is 2.23. The second-order valence-corrected chi connectivity index (χ2v) is 3.64. The standard InChI is InChI=1S/C12H19FN2/c1-3-5-8-15(4-2)12-9-10(13)6-7-11(12)14/h6-7,9H,3-5,8,14H2,1-2H3. The summed E-state index contributed by atoms with van der Waals surface area (Å²) in [5, 5.41) is 0. The molecule has 0 aromatic heterocycles. The third-order valence-corrected chi connectivity index (χ3v) is 2.50. The van der Waals surface area contributed by atoms with E-state index >= 15 is 0 Å². The van der Waals surface area contributed by atoms with Gasteiger partial charge in [-0.3, -0.25) is 0 Å². The highest BCUT2D eigenvalue weighted by Gasteiger charge is 2.08. The van der Waals surface area contributed by atoms with E-state index in [0.29, 0.717) is 5.69 Å². The number of halogens is 1. The first-order valence-corrected chi connectivity index (χ1v) is 5.49. The van der Waals surface area contributed by atoms with Crippen LogP contribution in [0, 0.1) is 5.82 Å². The summed E-state index contributed by atoms with van der Waals surface area (Å²) in [6.45, 7) is 5.98. The van der Waals surface area contributed by atoms with Gasteiger partial charge < -0.3 is 10.6 Å². The van der Waals surface area contributed by atoms with Gasteiger partial charge in [-0.2, -0.15) is 0 Å². The second kappa shape index (κ2) is 5.59. The van der Waals surface area contributed by atoms with E-state index in [9.17, 15) is 4.39 Å². The molecule has 0 atom stereocenters. The van der Waals surface area contributed by atoms with Gasteiger partial charge in [-0.25, -0.2) is 4.39 Å². The molecular weight excluding hydrogens is 191 g/mol. The van der Waals surface area contributed by atoms with Crippen molar-refractivity contribution in [2.24, 2.45) is 0 Å². The summed E-state index contributed by atoms with van der Waals surface area (Å²) in [6, 6.07) is 4.53. The number of benzene rings is 1. The van der Waals surface area contributed by atoms with Crippen molar-refractivity contribution >= 4 is 11.4 Å². The highest BCUT2D eigenvalue weighted by molar-refractivity contribution is 5.67. The average molecular weight is 210 g/mol. The molecular formula is C12H19FN2. The van der Waals surface area contributed by atoms with Gasteiger partial charge >= 0.3 is 0 Å². The number of rotatable bonds is 5. The van der Waals surface area contributed by atoms with Crippen molar-refractivity contribution in [1.29, 1.82) is 0 Å². The van der Waals surface area contributed by atoms with Crippen LogP contribution >= 0.6 is 0 Å². The Bertz CT molecular complexity index is 312. The molecule has 2 N–H and O–H groups in total. The third kappa shape index (κ3) is 3.11. The van der Waals surface area contributed by atoms with Crippen molar-refractivity contribution in [3.8, 4) is 0 Å². The van der Waals surface area contributed by atoms with Gasteiger partial charge in [0.1, 0.15) is 5.82 Å². The molecule has 0 radical (unpaired) electrons. The lowest BCUT2D eigenvalue weighted by Gasteiger charge is -2.24. The SMILES string of the molecule is CCCCN(CC)c1cc(F)ccc1N. The van der Waals surface area contributed by atoms with Crippen molar-refractivity contribution in [3.63, 3.8) is 0 Å². The first-order valence-electron chi connectivity index (χ1n) is 5.49. The molecule has 0 saturated heterocycles. The maximum Gasteiger partial charge on any atom is 0.125 e. The monoisotopic (exact) mass is 210 g/mol. The summed E-state index contributed by atoms with van der Waals surface area (Å²) in [5.41, 5.74) is 7.29. The minimum absolute atomic E-state index is 0.228. The maximum absolute atomic E-state index is 13.1. The van der Waals surface area contributed by atoms with Gasteiger partial charge in [0.15, 0.2) is 0 Å².